The van der Waals surface area contributed by atoms with E-state index in [1.807, 2.05) is 18.2 Å². The molecular weight excluding hydrogens is 424 g/mol. The zero-order chi connectivity index (χ0) is 22.2. The van der Waals surface area contributed by atoms with E-state index in [2.05, 4.69) is 21.1 Å². The maximum Gasteiger partial charge on any atom is 0.321 e. The Bertz CT molecular complexity index is 1020. The van der Waals surface area contributed by atoms with Crippen LogP contribution >= 0.6 is 11.8 Å². The fraction of sp³-hybridized carbons (Fsp3) is 0.250. The Morgan fingerprint density at radius 2 is 1.97 bits per heavy atom. The Hall–Kier alpha value is -3.44. The molecule has 1 aliphatic carbocycles. The third kappa shape index (κ3) is 5.58. The summed E-state index contributed by atoms with van der Waals surface area (Å²) in [7, 11) is 1.39. The van der Waals surface area contributed by atoms with Crippen LogP contribution in [0.3, 0.4) is 0 Å². The van der Waals surface area contributed by atoms with Crippen LogP contribution in [0.5, 0.6) is 0 Å². The van der Waals surface area contributed by atoms with Gasteiger partial charge in [0, 0.05) is 31.2 Å². The second kappa shape index (κ2) is 10.5. The van der Waals surface area contributed by atoms with Crippen LogP contribution in [0, 0.1) is 0 Å². The predicted molar refractivity (Wildman–Crippen MR) is 113 cm³/mol. The molecule has 3 amide bonds. The molecular formula is C20H20N4O6S. The van der Waals surface area contributed by atoms with Gasteiger partial charge in [-0.05, 0) is 18.6 Å². The number of ether oxygens (including phenoxy) is 1. The lowest BCUT2D eigenvalue weighted by molar-refractivity contribution is 0.0944. The first-order chi connectivity index (χ1) is 15.0. The van der Waals surface area contributed by atoms with Gasteiger partial charge in [0.15, 0.2) is 5.69 Å². The largest absolute Gasteiger partial charge is 0.361 e. The van der Waals surface area contributed by atoms with E-state index in [0.717, 1.165) is 0 Å². The monoisotopic (exact) mass is 444 g/mol. The Labute approximate surface area is 181 Å². The number of para-hydroxylation sites is 1. The smallest absolute Gasteiger partial charge is 0.321 e. The van der Waals surface area contributed by atoms with Gasteiger partial charge in [-0.2, -0.15) is 0 Å². The maximum atomic E-state index is 12.6. The number of rotatable bonds is 9. The normalized spacial score (nSPS) is 12.7. The van der Waals surface area contributed by atoms with Gasteiger partial charge < -0.3 is 25.2 Å². The Morgan fingerprint density at radius 3 is 2.71 bits per heavy atom. The predicted octanol–water partition coefficient (Wildman–Crippen LogP) is 2.22. The lowest BCUT2D eigenvalue weighted by atomic mass is 10.00. The summed E-state index contributed by atoms with van der Waals surface area (Å²) in [5, 5.41) is 11.1. The van der Waals surface area contributed by atoms with Crippen molar-refractivity contribution in [1.82, 2.24) is 15.8 Å². The van der Waals surface area contributed by atoms with E-state index in [1.165, 1.54) is 24.9 Å². The molecule has 162 valence electrons. The lowest BCUT2D eigenvalue weighted by Gasteiger charge is -2.11. The zero-order valence-corrected chi connectivity index (χ0v) is 17.4. The van der Waals surface area contributed by atoms with E-state index in [0.29, 0.717) is 24.5 Å². The third-order valence-corrected chi connectivity index (χ3v) is 5.24. The molecule has 0 aliphatic heterocycles. The van der Waals surface area contributed by atoms with Gasteiger partial charge in [-0.15, -0.1) is 11.8 Å². The van der Waals surface area contributed by atoms with Gasteiger partial charge in [0.05, 0.1) is 4.91 Å². The number of aromatic nitrogens is 1. The number of nitrogens with one attached hydrogen (secondary N) is 3. The SMILES string of the molecule is CNC(=O)c1noc2c1C(=O)C(SCCCOCNC(=O)Nc1ccccc1)=CC2=O. The number of benzene rings is 1. The van der Waals surface area contributed by atoms with Gasteiger partial charge in [0.25, 0.3) is 5.91 Å². The van der Waals surface area contributed by atoms with Crippen molar-refractivity contribution in [2.75, 3.05) is 31.5 Å². The van der Waals surface area contributed by atoms with Crippen LogP contribution in [-0.2, 0) is 4.74 Å². The van der Waals surface area contributed by atoms with Crippen LogP contribution in [0.25, 0.3) is 0 Å². The molecule has 10 nitrogen and oxygen atoms in total. The van der Waals surface area contributed by atoms with Crippen molar-refractivity contribution in [3.05, 3.63) is 58.3 Å². The van der Waals surface area contributed by atoms with Crippen molar-refractivity contribution in [2.45, 2.75) is 6.42 Å². The average molecular weight is 444 g/mol. The molecule has 0 atom stereocenters. The molecule has 0 spiro atoms. The number of hydrogen-bond acceptors (Lipinski definition) is 8. The number of fused-ring (bicyclic) bond motifs is 1. The van der Waals surface area contributed by atoms with Crippen molar-refractivity contribution in [1.29, 1.82) is 0 Å². The summed E-state index contributed by atoms with van der Waals surface area (Å²) < 4.78 is 10.2. The molecule has 31 heavy (non-hydrogen) atoms. The van der Waals surface area contributed by atoms with Crippen LogP contribution in [0.15, 0.2) is 45.8 Å². The second-order valence-electron chi connectivity index (χ2n) is 6.27. The number of amides is 3. The van der Waals surface area contributed by atoms with Crippen LogP contribution < -0.4 is 16.0 Å². The molecule has 0 saturated carbocycles. The minimum absolute atomic E-state index is 0.0307. The minimum Gasteiger partial charge on any atom is -0.361 e. The summed E-state index contributed by atoms with van der Waals surface area (Å²) >= 11 is 1.18. The fourth-order valence-corrected chi connectivity index (χ4v) is 3.56. The molecule has 1 aromatic carbocycles. The highest BCUT2D eigenvalue weighted by Crippen LogP contribution is 2.30. The van der Waals surface area contributed by atoms with Gasteiger partial charge in [0.1, 0.15) is 12.3 Å². The number of hydrogen-bond donors (Lipinski definition) is 3. The van der Waals surface area contributed by atoms with E-state index >= 15 is 0 Å². The molecule has 0 fully saturated rings. The summed E-state index contributed by atoms with van der Waals surface area (Å²) in [6.07, 6.45) is 1.76. The van der Waals surface area contributed by atoms with Crippen molar-refractivity contribution in [2.24, 2.45) is 0 Å². The van der Waals surface area contributed by atoms with E-state index in [4.69, 9.17) is 9.26 Å². The number of urea groups is 1. The topological polar surface area (TPSA) is 140 Å². The molecule has 0 saturated heterocycles. The van der Waals surface area contributed by atoms with Gasteiger partial charge in [0.2, 0.25) is 17.3 Å². The van der Waals surface area contributed by atoms with Crippen LogP contribution in [-0.4, -0.2) is 54.8 Å². The zero-order valence-electron chi connectivity index (χ0n) is 16.6. The van der Waals surface area contributed by atoms with E-state index < -0.39 is 17.5 Å². The first kappa shape index (κ1) is 22.2. The first-order valence-electron chi connectivity index (χ1n) is 9.34. The van der Waals surface area contributed by atoms with Crippen molar-refractivity contribution < 1.29 is 28.4 Å². The number of anilines is 1. The molecule has 0 unspecified atom stereocenters. The summed E-state index contributed by atoms with van der Waals surface area (Å²) in [6, 6.07) is 8.63. The Balaban J connectivity index is 1.39. The quantitative estimate of drug-likeness (QED) is 0.395. The lowest BCUT2D eigenvalue weighted by Crippen LogP contribution is -2.30. The average Bonchev–Trinajstić information content (AvgIpc) is 3.22. The molecule has 1 aliphatic rings. The molecule has 11 heteroatoms. The summed E-state index contributed by atoms with van der Waals surface area (Å²) in [6.45, 7) is 0.374. The van der Waals surface area contributed by atoms with Gasteiger partial charge in [-0.25, -0.2) is 4.79 Å². The number of allylic oxidation sites excluding steroid dienone is 2. The molecule has 0 bridgehead atoms. The van der Waals surface area contributed by atoms with Crippen LogP contribution in [0.4, 0.5) is 10.5 Å². The molecule has 1 aromatic heterocycles. The Kier molecular flexibility index (Phi) is 7.57. The fourth-order valence-electron chi connectivity index (χ4n) is 2.65. The van der Waals surface area contributed by atoms with Crippen molar-refractivity contribution in [3.8, 4) is 0 Å². The standard InChI is InChI=1S/C20H20N4O6S/c1-21-19(27)16-15-17(26)14(10-13(25)18(15)30-24-16)31-9-5-8-29-11-22-20(28)23-12-6-3-2-4-7-12/h2-4,6-7,10H,5,8-9,11H2,1H3,(H,21,27)(H2,22,23,28). The summed E-state index contributed by atoms with van der Waals surface area (Å²) in [5.41, 5.74) is 0.358. The second-order valence-corrected chi connectivity index (χ2v) is 7.40. The number of Topliss-reactive ketones (excluding diaryl/α,β-unsaturated/α-hetero) is 1. The van der Waals surface area contributed by atoms with E-state index in [9.17, 15) is 19.2 Å². The highest BCUT2D eigenvalue weighted by Gasteiger charge is 2.35. The molecule has 2 aromatic rings. The van der Waals surface area contributed by atoms with E-state index in [-0.39, 0.29) is 34.7 Å². The van der Waals surface area contributed by atoms with Crippen LogP contribution in [0.1, 0.15) is 37.8 Å². The number of carbonyl (C=O) groups is 4. The molecule has 3 N–H and O–H groups in total. The van der Waals surface area contributed by atoms with Crippen LogP contribution in [0.2, 0.25) is 0 Å². The Morgan fingerprint density at radius 1 is 1.19 bits per heavy atom. The summed E-state index contributed by atoms with van der Waals surface area (Å²) in [5.74, 6) is -1.31. The number of nitrogens with zero attached hydrogens (tertiary/aromatic N) is 1. The number of thioether (sulfide) groups is 1. The third-order valence-electron chi connectivity index (χ3n) is 4.13. The minimum atomic E-state index is -0.602. The number of carbonyl (C=O) groups excluding carboxylic acids is 4. The highest BCUT2D eigenvalue weighted by atomic mass is 32.2. The van der Waals surface area contributed by atoms with Gasteiger partial charge >= 0.3 is 6.03 Å². The van der Waals surface area contributed by atoms with Crippen molar-refractivity contribution >= 4 is 41.0 Å². The highest BCUT2D eigenvalue weighted by molar-refractivity contribution is 8.04. The maximum absolute atomic E-state index is 12.6. The first-order valence-corrected chi connectivity index (χ1v) is 10.3. The molecule has 3 rings (SSSR count). The molecule has 1 heterocycles. The van der Waals surface area contributed by atoms with Gasteiger partial charge in [-0.3, -0.25) is 14.4 Å². The van der Waals surface area contributed by atoms with E-state index in [1.54, 1.807) is 12.1 Å². The molecule has 0 radical (unpaired) electrons. The number of ketones is 2. The van der Waals surface area contributed by atoms with Gasteiger partial charge in [-0.1, -0.05) is 23.4 Å². The summed E-state index contributed by atoms with van der Waals surface area (Å²) in [4.78, 5) is 48.6. The van der Waals surface area contributed by atoms with Crippen molar-refractivity contribution in [3.63, 3.8) is 0 Å².